The van der Waals surface area contributed by atoms with Crippen molar-refractivity contribution >= 4 is 35.2 Å². The quantitative estimate of drug-likeness (QED) is 0.674. The van der Waals surface area contributed by atoms with Gasteiger partial charge in [0.1, 0.15) is 16.7 Å². The third-order valence-electron chi connectivity index (χ3n) is 3.23. The summed E-state index contributed by atoms with van der Waals surface area (Å²) in [6.07, 6.45) is 1.44. The molecule has 2 rings (SSSR count). The number of benzene rings is 1. The van der Waals surface area contributed by atoms with Crippen molar-refractivity contribution in [2.24, 2.45) is 5.41 Å². The van der Waals surface area contributed by atoms with Crippen molar-refractivity contribution in [3.8, 4) is 0 Å². The minimum atomic E-state index is -1.55. The number of carbonyl (C=O) groups excluding carboxylic acids is 1. The van der Waals surface area contributed by atoms with E-state index in [1.165, 1.54) is 6.20 Å². The van der Waals surface area contributed by atoms with Crippen LogP contribution in [0.15, 0.2) is 35.5 Å². The van der Waals surface area contributed by atoms with Crippen LogP contribution in [0.1, 0.15) is 31.1 Å². The summed E-state index contributed by atoms with van der Waals surface area (Å²) in [7, 11) is 0. The van der Waals surface area contributed by atoms with Crippen LogP contribution in [0.5, 0.6) is 0 Å². The molecule has 0 saturated carbocycles. The van der Waals surface area contributed by atoms with E-state index in [1.54, 1.807) is 32.9 Å². The number of nitrogens with one attached hydrogen (secondary N) is 2. The number of nitrogens with zero attached hydrogens (tertiary/aromatic N) is 1. The Hall–Kier alpha value is -2.68. The maximum Gasteiger partial charge on any atom is 0.338 e. The van der Waals surface area contributed by atoms with E-state index >= 15 is 0 Å². The molecule has 26 heavy (non-hydrogen) atoms. The van der Waals surface area contributed by atoms with Crippen LogP contribution in [0.25, 0.3) is 0 Å². The van der Waals surface area contributed by atoms with E-state index in [4.69, 9.17) is 5.11 Å². The standard InChI is InChI=1S/C17H17F2N3O3S/c1-17(2,3)16(25)21-9-4-5-14(20-8-9)26-22-13-7-11(18)10(15(23)24)6-12(13)19/h4-8,22H,1-3H3,(H,21,25)(H,23,24). The first kappa shape index (κ1) is 19.6. The van der Waals surface area contributed by atoms with Crippen LogP contribution in [0.3, 0.4) is 0 Å². The molecule has 0 unspecified atom stereocenters. The van der Waals surface area contributed by atoms with Gasteiger partial charge < -0.3 is 15.1 Å². The normalized spacial score (nSPS) is 11.1. The van der Waals surface area contributed by atoms with Gasteiger partial charge in [-0.15, -0.1) is 0 Å². The van der Waals surface area contributed by atoms with Gasteiger partial charge in [-0.25, -0.2) is 18.6 Å². The molecule has 0 radical (unpaired) electrons. The van der Waals surface area contributed by atoms with Crippen LogP contribution in [0.2, 0.25) is 0 Å². The molecule has 1 heterocycles. The summed E-state index contributed by atoms with van der Waals surface area (Å²) >= 11 is 0.916. The largest absolute Gasteiger partial charge is 0.478 e. The van der Waals surface area contributed by atoms with E-state index in [2.05, 4.69) is 15.0 Å². The second kappa shape index (κ2) is 7.69. The molecule has 138 valence electrons. The zero-order valence-electron chi connectivity index (χ0n) is 14.3. The van der Waals surface area contributed by atoms with Gasteiger partial charge >= 0.3 is 5.97 Å². The molecule has 0 saturated heterocycles. The van der Waals surface area contributed by atoms with Gasteiger partial charge in [0.05, 0.1) is 23.1 Å². The summed E-state index contributed by atoms with van der Waals surface area (Å²) in [5, 5.41) is 11.9. The van der Waals surface area contributed by atoms with E-state index in [0.717, 1.165) is 18.0 Å². The van der Waals surface area contributed by atoms with Gasteiger partial charge in [0.15, 0.2) is 0 Å². The molecule has 0 atom stereocenters. The summed E-state index contributed by atoms with van der Waals surface area (Å²) in [5.41, 5.74) is -0.976. The molecular formula is C17H17F2N3O3S. The predicted molar refractivity (Wildman–Crippen MR) is 95.1 cm³/mol. The number of rotatable bonds is 5. The Bertz CT molecular complexity index is 836. The first-order chi connectivity index (χ1) is 12.1. The molecule has 0 aliphatic carbocycles. The third-order valence-corrected chi connectivity index (χ3v) is 4.00. The Morgan fingerprint density at radius 3 is 2.38 bits per heavy atom. The minimum Gasteiger partial charge on any atom is -0.478 e. The van der Waals surface area contributed by atoms with Crippen LogP contribution in [-0.2, 0) is 4.79 Å². The lowest BCUT2D eigenvalue weighted by Crippen LogP contribution is -2.27. The summed E-state index contributed by atoms with van der Waals surface area (Å²) in [6.45, 7) is 5.35. The van der Waals surface area contributed by atoms with Crippen molar-refractivity contribution < 1.29 is 23.5 Å². The highest BCUT2D eigenvalue weighted by molar-refractivity contribution is 8.00. The van der Waals surface area contributed by atoms with Crippen LogP contribution in [0.4, 0.5) is 20.2 Å². The van der Waals surface area contributed by atoms with E-state index in [1.807, 2.05) is 0 Å². The SMILES string of the molecule is CC(C)(C)C(=O)Nc1ccc(SNc2cc(F)c(C(=O)O)cc2F)nc1. The summed E-state index contributed by atoms with van der Waals surface area (Å²) < 4.78 is 30.0. The van der Waals surface area contributed by atoms with Crippen molar-refractivity contribution in [1.29, 1.82) is 0 Å². The molecule has 6 nitrogen and oxygen atoms in total. The lowest BCUT2D eigenvalue weighted by Gasteiger charge is -2.17. The number of aromatic nitrogens is 1. The van der Waals surface area contributed by atoms with Gasteiger partial charge in [-0.3, -0.25) is 4.79 Å². The monoisotopic (exact) mass is 381 g/mol. The van der Waals surface area contributed by atoms with E-state index in [0.29, 0.717) is 16.8 Å². The van der Waals surface area contributed by atoms with Crippen LogP contribution in [-0.4, -0.2) is 22.0 Å². The average Bonchev–Trinajstić information content (AvgIpc) is 2.55. The lowest BCUT2D eigenvalue weighted by atomic mass is 9.96. The van der Waals surface area contributed by atoms with E-state index in [-0.39, 0.29) is 11.6 Å². The van der Waals surface area contributed by atoms with Gasteiger partial charge in [-0.05, 0) is 18.2 Å². The number of hydrogen-bond donors (Lipinski definition) is 3. The first-order valence-electron chi connectivity index (χ1n) is 7.50. The minimum absolute atomic E-state index is 0.158. The van der Waals surface area contributed by atoms with E-state index in [9.17, 15) is 18.4 Å². The molecule has 0 fully saturated rings. The number of halogens is 2. The number of amides is 1. The lowest BCUT2D eigenvalue weighted by molar-refractivity contribution is -0.123. The Balaban J connectivity index is 2.03. The molecule has 0 aliphatic rings. The van der Waals surface area contributed by atoms with Crippen molar-refractivity contribution in [2.75, 3.05) is 10.0 Å². The number of pyridine rings is 1. The fourth-order valence-corrected chi connectivity index (χ4v) is 2.34. The number of carbonyl (C=O) groups is 2. The van der Waals surface area contributed by atoms with Gasteiger partial charge in [0.2, 0.25) is 5.91 Å². The highest BCUT2D eigenvalue weighted by Crippen LogP contribution is 2.25. The molecular weight excluding hydrogens is 364 g/mol. The van der Waals surface area contributed by atoms with Crippen molar-refractivity contribution in [3.05, 3.63) is 47.7 Å². The summed E-state index contributed by atoms with van der Waals surface area (Å²) in [6, 6.07) is 4.60. The molecule has 0 bridgehead atoms. The molecule has 0 spiro atoms. The Morgan fingerprint density at radius 1 is 1.15 bits per heavy atom. The van der Waals surface area contributed by atoms with E-state index < -0.39 is 28.6 Å². The van der Waals surface area contributed by atoms with Crippen LogP contribution in [0, 0.1) is 17.0 Å². The zero-order chi connectivity index (χ0) is 19.5. The van der Waals surface area contributed by atoms with Gasteiger partial charge in [-0.2, -0.15) is 0 Å². The highest BCUT2D eigenvalue weighted by atomic mass is 32.2. The maximum absolute atomic E-state index is 13.8. The number of carboxylic acid groups (broad SMARTS) is 1. The molecule has 3 N–H and O–H groups in total. The fourth-order valence-electron chi connectivity index (χ4n) is 1.73. The molecule has 0 aliphatic heterocycles. The topological polar surface area (TPSA) is 91.3 Å². The Morgan fingerprint density at radius 2 is 1.85 bits per heavy atom. The number of hydrogen-bond acceptors (Lipinski definition) is 5. The summed E-state index contributed by atoms with van der Waals surface area (Å²) in [5.74, 6) is -3.65. The smallest absolute Gasteiger partial charge is 0.338 e. The molecule has 1 aromatic carbocycles. The van der Waals surface area contributed by atoms with Crippen molar-refractivity contribution in [2.45, 2.75) is 25.8 Å². The number of aromatic carboxylic acids is 1. The number of carboxylic acids is 1. The highest BCUT2D eigenvalue weighted by Gasteiger charge is 2.21. The van der Waals surface area contributed by atoms with Gasteiger partial charge in [0.25, 0.3) is 0 Å². The molecule has 1 amide bonds. The molecule has 2 aromatic rings. The van der Waals surface area contributed by atoms with Crippen molar-refractivity contribution in [1.82, 2.24) is 4.98 Å². The average molecular weight is 381 g/mol. The maximum atomic E-state index is 13.8. The predicted octanol–water partition coefficient (Wildman–Crippen LogP) is 4.16. The second-order valence-electron chi connectivity index (χ2n) is 6.41. The van der Waals surface area contributed by atoms with Gasteiger partial charge in [-0.1, -0.05) is 20.8 Å². The Kier molecular flexibility index (Phi) is 5.81. The van der Waals surface area contributed by atoms with Crippen LogP contribution < -0.4 is 10.0 Å². The molecule has 1 aromatic heterocycles. The first-order valence-corrected chi connectivity index (χ1v) is 8.32. The Labute approximate surface area is 153 Å². The molecule has 9 heteroatoms. The second-order valence-corrected chi connectivity index (χ2v) is 7.24. The third kappa shape index (κ3) is 4.92. The number of anilines is 2. The summed E-state index contributed by atoms with van der Waals surface area (Å²) in [4.78, 5) is 26.8. The van der Waals surface area contributed by atoms with Crippen molar-refractivity contribution in [3.63, 3.8) is 0 Å². The van der Waals surface area contributed by atoms with Gasteiger partial charge in [0, 0.05) is 23.4 Å². The van der Waals surface area contributed by atoms with Crippen LogP contribution >= 0.6 is 11.9 Å². The fraction of sp³-hybridized carbons (Fsp3) is 0.235. The zero-order valence-corrected chi connectivity index (χ0v) is 15.1.